The summed E-state index contributed by atoms with van der Waals surface area (Å²) in [6.45, 7) is 17.3. The predicted octanol–water partition coefficient (Wildman–Crippen LogP) is 5.79. The minimum Gasteiger partial charge on any atom is -0.445 e. The monoisotopic (exact) mass is 780 g/mol. The molecule has 2 atom stereocenters. The van der Waals surface area contributed by atoms with Gasteiger partial charge in [0.05, 0.1) is 0 Å². The number of nitrogens with zero attached hydrogens (tertiary/aromatic N) is 1. The largest absolute Gasteiger partial charge is 0.445 e. The first-order valence-corrected chi connectivity index (χ1v) is 19.8. The maximum Gasteiger partial charge on any atom is 0.407 e. The first kappa shape index (κ1) is 54.7. The Morgan fingerprint density at radius 1 is 0.818 bits per heavy atom. The van der Waals surface area contributed by atoms with Crippen molar-refractivity contribution in [1.82, 2.24) is 20.9 Å². The van der Waals surface area contributed by atoms with E-state index < -0.39 is 18.2 Å². The second-order valence-electron chi connectivity index (χ2n) is 13.0. The molecule has 0 aliphatic rings. The molecule has 7 amide bonds. The summed E-state index contributed by atoms with van der Waals surface area (Å²) in [5.41, 5.74) is 11.4. The molecule has 0 aromatic heterocycles. The summed E-state index contributed by atoms with van der Waals surface area (Å²) in [6, 6.07) is 5.53. The van der Waals surface area contributed by atoms with Crippen molar-refractivity contribution in [2.45, 2.75) is 139 Å². The van der Waals surface area contributed by atoms with Gasteiger partial charge in [-0.25, -0.2) is 9.59 Å². The van der Waals surface area contributed by atoms with Crippen LogP contribution in [-0.4, -0.2) is 79.7 Å². The quantitative estimate of drug-likeness (QED) is 0.0554. The highest BCUT2D eigenvalue weighted by atomic mass is 16.5. The SMILES string of the molecule is CC.CC.CC(C=O)CC(=O)N(C)CCCCCC(N)=O.CCCCCNC(=O)OCc1ccc(NC(=O)[C@H](CCCNC(N)=O)NC(=O)CC(C)C)cc1. The molecule has 15 heteroatoms. The highest BCUT2D eigenvalue weighted by Crippen LogP contribution is 2.13. The van der Waals surface area contributed by atoms with E-state index >= 15 is 0 Å². The number of urea groups is 1. The molecule has 0 bridgehead atoms. The fourth-order valence-corrected chi connectivity index (χ4v) is 4.52. The topological polar surface area (TPSA) is 232 Å². The Morgan fingerprint density at radius 2 is 1.44 bits per heavy atom. The summed E-state index contributed by atoms with van der Waals surface area (Å²) < 4.78 is 5.19. The van der Waals surface area contributed by atoms with Crippen molar-refractivity contribution in [3.8, 4) is 0 Å². The Hall–Kier alpha value is -4.69. The molecule has 8 N–H and O–H groups in total. The molecule has 0 spiro atoms. The number of alkyl carbamates (subject to hydrolysis) is 1. The lowest BCUT2D eigenvalue weighted by atomic mass is 10.1. The van der Waals surface area contributed by atoms with Gasteiger partial charge < -0.3 is 47.2 Å². The normalized spacial score (nSPS) is 10.9. The maximum atomic E-state index is 12.8. The Labute approximate surface area is 330 Å². The van der Waals surface area contributed by atoms with Crippen LogP contribution in [0, 0.1) is 11.8 Å². The number of carbonyl (C=O) groups is 7. The van der Waals surface area contributed by atoms with Gasteiger partial charge in [0, 0.05) is 57.5 Å². The summed E-state index contributed by atoms with van der Waals surface area (Å²) >= 11 is 0. The number of hydrogen-bond donors (Lipinski definition) is 6. The zero-order chi connectivity index (χ0) is 42.6. The van der Waals surface area contributed by atoms with Gasteiger partial charge in [-0.2, -0.15) is 0 Å². The van der Waals surface area contributed by atoms with Crippen LogP contribution in [-0.2, 0) is 35.3 Å². The van der Waals surface area contributed by atoms with Crippen molar-refractivity contribution in [3.63, 3.8) is 0 Å². The molecule has 1 aromatic carbocycles. The molecule has 1 unspecified atom stereocenters. The highest BCUT2D eigenvalue weighted by Gasteiger charge is 2.21. The van der Waals surface area contributed by atoms with Crippen molar-refractivity contribution in [2.75, 3.05) is 32.0 Å². The third kappa shape index (κ3) is 33.6. The van der Waals surface area contributed by atoms with E-state index in [-0.39, 0.29) is 48.5 Å². The van der Waals surface area contributed by atoms with E-state index in [4.69, 9.17) is 16.2 Å². The lowest BCUT2D eigenvalue weighted by Gasteiger charge is -2.19. The van der Waals surface area contributed by atoms with Gasteiger partial charge in [-0.3, -0.25) is 19.2 Å². The molecule has 55 heavy (non-hydrogen) atoms. The fourth-order valence-electron chi connectivity index (χ4n) is 4.52. The van der Waals surface area contributed by atoms with Gasteiger partial charge in [-0.05, 0) is 55.7 Å². The molecule has 1 rings (SSSR count). The number of benzene rings is 1. The van der Waals surface area contributed by atoms with E-state index in [2.05, 4.69) is 28.2 Å². The van der Waals surface area contributed by atoms with Crippen molar-refractivity contribution >= 4 is 47.7 Å². The van der Waals surface area contributed by atoms with Gasteiger partial charge in [0.15, 0.2) is 0 Å². The van der Waals surface area contributed by atoms with Gasteiger partial charge in [0.2, 0.25) is 23.6 Å². The fraction of sp³-hybridized carbons (Fsp3) is 0.675. The molecule has 316 valence electrons. The maximum absolute atomic E-state index is 12.8. The first-order chi connectivity index (χ1) is 26.2. The third-order valence-corrected chi connectivity index (χ3v) is 7.43. The smallest absolute Gasteiger partial charge is 0.407 e. The van der Waals surface area contributed by atoms with E-state index in [0.29, 0.717) is 51.0 Å². The van der Waals surface area contributed by atoms with E-state index in [0.717, 1.165) is 50.4 Å². The number of unbranched alkanes of at least 4 members (excludes halogenated alkanes) is 4. The van der Waals surface area contributed by atoms with Crippen LogP contribution in [0.2, 0.25) is 0 Å². The van der Waals surface area contributed by atoms with Crippen LogP contribution in [0.3, 0.4) is 0 Å². The predicted molar refractivity (Wildman–Crippen MR) is 219 cm³/mol. The molecular weight excluding hydrogens is 706 g/mol. The summed E-state index contributed by atoms with van der Waals surface area (Å²) in [6.07, 6.45) is 7.67. The summed E-state index contributed by atoms with van der Waals surface area (Å²) in [5.74, 6) is -0.924. The molecule has 0 radical (unpaired) electrons. The number of ether oxygens (including phenoxy) is 1. The highest BCUT2D eigenvalue weighted by molar-refractivity contribution is 5.97. The Morgan fingerprint density at radius 3 is 1.98 bits per heavy atom. The number of nitrogens with one attached hydrogen (secondary N) is 4. The molecule has 1 aromatic rings. The molecule has 0 aliphatic heterocycles. The number of hydrogen-bond acceptors (Lipinski definition) is 8. The second-order valence-corrected chi connectivity index (χ2v) is 13.0. The molecular formula is C40H73N7O8. The zero-order valence-corrected chi connectivity index (χ0v) is 35.1. The number of rotatable bonds is 24. The third-order valence-electron chi connectivity index (χ3n) is 7.43. The number of carbonyl (C=O) groups excluding carboxylic acids is 7. The Balaban J connectivity index is -0.00000108. The molecule has 0 aliphatic carbocycles. The van der Waals surface area contributed by atoms with Gasteiger partial charge in [-0.15, -0.1) is 0 Å². The minimum atomic E-state index is -0.750. The Kier molecular flexibility index (Phi) is 36.1. The zero-order valence-electron chi connectivity index (χ0n) is 35.1. The van der Waals surface area contributed by atoms with Gasteiger partial charge in [0.1, 0.15) is 18.9 Å². The van der Waals surface area contributed by atoms with Crippen LogP contribution >= 0.6 is 0 Å². The number of anilines is 1. The lowest BCUT2D eigenvalue weighted by molar-refractivity contribution is -0.132. The van der Waals surface area contributed by atoms with Gasteiger partial charge in [0.25, 0.3) is 0 Å². The second kappa shape index (κ2) is 36.3. The summed E-state index contributed by atoms with van der Waals surface area (Å²) in [7, 11) is 1.73. The summed E-state index contributed by atoms with van der Waals surface area (Å²) in [4.78, 5) is 81.6. The van der Waals surface area contributed by atoms with E-state index in [1.165, 1.54) is 0 Å². The molecule has 15 nitrogen and oxygen atoms in total. The standard InChI is InChI=1S/C24H39N5O5.C12H22N2O3.2C2H6/c1-4-5-6-13-27-24(33)34-16-18-9-11-19(12-10-18)28-22(31)20(8-7-14-26-23(25)32)29-21(30)15-17(2)3;1-10(9-15)8-12(17)14(2)7-5-3-4-6-11(13)16;2*1-2/h9-12,17,20H,4-8,13-16H2,1-3H3,(H,27,33)(H,28,31)(H,29,30)(H3,25,26,32);9-10H,3-8H2,1-2H3,(H2,13,16);2*1-2H3/t20-;;;/m0.../s1. The summed E-state index contributed by atoms with van der Waals surface area (Å²) in [5, 5.41) is 10.7. The lowest BCUT2D eigenvalue weighted by Crippen LogP contribution is -2.44. The van der Waals surface area contributed by atoms with Gasteiger partial charge >= 0.3 is 12.1 Å². The number of primary amides is 2. The molecule has 0 heterocycles. The minimum absolute atomic E-state index is 0.0144. The van der Waals surface area contributed by atoms with Crippen LogP contribution in [0.1, 0.15) is 132 Å². The van der Waals surface area contributed by atoms with Gasteiger partial charge in [-0.1, -0.05) is 86.8 Å². The van der Waals surface area contributed by atoms with Crippen molar-refractivity contribution < 1.29 is 38.3 Å². The van der Waals surface area contributed by atoms with Crippen molar-refractivity contribution in [2.24, 2.45) is 23.3 Å². The number of amides is 7. The van der Waals surface area contributed by atoms with E-state index in [1.54, 1.807) is 43.1 Å². The average Bonchev–Trinajstić information content (AvgIpc) is 3.15. The van der Waals surface area contributed by atoms with Crippen LogP contribution in [0.4, 0.5) is 15.3 Å². The van der Waals surface area contributed by atoms with E-state index in [1.807, 2.05) is 41.5 Å². The van der Waals surface area contributed by atoms with Crippen molar-refractivity contribution in [3.05, 3.63) is 29.8 Å². The average molecular weight is 780 g/mol. The molecule has 0 fully saturated rings. The van der Waals surface area contributed by atoms with Crippen LogP contribution in [0.25, 0.3) is 0 Å². The van der Waals surface area contributed by atoms with Crippen LogP contribution in [0.15, 0.2) is 24.3 Å². The molecule has 0 saturated heterocycles. The van der Waals surface area contributed by atoms with Crippen molar-refractivity contribution in [1.29, 1.82) is 0 Å². The molecule has 0 saturated carbocycles. The Bertz CT molecular complexity index is 1210. The first-order valence-electron chi connectivity index (χ1n) is 19.8. The van der Waals surface area contributed by atoms with E-state index in [9.17, 15) is 33.6 Å². The number of nitrogens with two attached hydrogens (primary N) is 2. The van der Waals surface area contributed by atoms with Crippen LogP contribution < -0.4 is 32.7 Å². The number of aldehydes is 1. The van der Waals surface area contributed by atoms with Crippen LogP contribution in [0.5, 0.6) is 0 Å².